The molecule has 8 heteroatoms. The molecule has 0 radical (unpaired) electrons. The van der Waals surface area contributed by atoms with E-state index >= 15 is 0 Å². The first-order chi connectivity index (χ1) is 15.1. The number of nitro groups is 1. The van der Waals surface area contributed by atoms with Crippen molar-refractivity contribution < 1.29 is 14.5 Å². The molecule has 0 aliphatic carbocycles. The molecule has 2 aliphatic rings. The van der Waals surface area contributed by atoms with Crippen molar-refractivity contribution in [2.75, 3.05) is 49.7 Å². The lowest BCUT2D eigenvalue weighted by Gasteiger charge is -2.49. The number of anilines is 2. The predicted molar refractivity (Wildman–Crippen MR) is 120 cm³/mol. The molecule has 8 nitrogen and oxygen atoms in total. The molecule has 2 heterocycles. The van der Waals surface area contributed by atoms with Crippen molar-refractivity contribution in [3.8, 4) is 0 Å². The van der Waals surface area contributed by atoms with E-state index in [0.717, 1.165) is 43.0 Å². The molecule has 1 amide bonds. The van der Waals surface area contributed by atoms with Gasteiger partial charge in [0.05, 0.1) is 16.9 Å². The van der Waals surface area contributed by atoms with E-state index in [1.54, 1.807) is 19.2 Å². The first-order valence-corrected chi connectivity index (χ1v) is 10.7. The van der Waals surface area contributed by atoms with Crippen LogP contribution in [0, 0.1) is 16.0 Å². The molecule has 4 rings (SSSR count). The van der Waals surface area contributed by atoms with Gasteiger partial charge in [0.25, 0.3) is 5.69 Å². The summed E-state index contributed by atoms with van der Waals surface area (Å²) in [6.45, 7) is 3.48. The number of carbonyl (C=O) groups excluding carboxylic acids is 1. The highest BCUT2D eigenvalue weighted by molar-refractivity contribution is 5.82. The van der Waals surface area contributed by atoms with E-state index in [0.29, 0.717) is 19.6 Å². The minimum atomic E-state index is -0.375. The number of ether oxygens (including phenoxy) is 1. The van der Waals surface area contributed by atoms with Gasteiger partial charge in [0, 0.05) is 63.4 Å². The van der Waals surface area contributed by atoms with Crippen LogP contribution >= 0.6 is 0 Å². The van der Waals surface area contributed by atoms with Crippen LogP contribution < -0.4 is 15.1 Å². The fourth-order valence-corrected chi connectivity index (χ4v) is 4.66. The maximum Gasteiger partial charge on any atom is 0.269 e. The second kappa shape index (κ2) is 9.34. The highest BCUT2D eigenvalue weighted by atomic mass is 16.6. The summed E-state index contributed by atoms with van der Waals surface area (Å²) in [4.78, 5) is 28.7. The minimum absolute atomic E-state index is 0.00169. The van der Waals surface area contributed by atoms with E-state index in [1.807, 2.05) is 24.3 Å². The van der Waals surface area contributed by atoms with Crippen molar-refractivity contribution in [2.24, 2.45) is 5.92 Å². The molecule has 0 unspecified atom stereocenters. The van der Waals surface area contributed by atoms with Crippen LogP contribution in [-0.2, 0) is 16.0 Å². The second-order valence-corrected chi connectivity index (χ2v) is 8.06. The van der Waals surface area contributed by atoms with E-state index < -0.39 is 0 Å². The average Bonchev–Trinajstić information content (AvgIpc) is 2.81. The Bertz CT molecular complexity index is 936. The Kier molecular flexibility index (Phi) is 6.36. The fraction of sp³-hybridized carbons (Fsp3) is 0.435. The Hall–Kier alpha value is -3.13. The number of non-ortho nitro benzene ring substituents is 1. The lowest BCUT2D eigenvalue weighted by Crippen LogP contribution is -2.61. The zero-order valence-electron chi connectivity index (χ0n) is 17.7. The van der Waals surface area contributed by atoms with Gasteiger partial charge in [-0.05, 0) is 36.6 Å². The minimum Gasteiger partial charge on any atom is -0.385 e. The number of fused-ring (bicyclic) bond motifs is 3. The predicted octanol–water partition coefficient (Wildman–Crippen LogP) is 2.62. The smallest absolute Gasteiger partial charge is 0.269 e. The van der Waals surface area contributed by atoms with Crippen molar-refractivity contribution in [1.29, 1.82) is 0 Å². The van der Waals surface area contributed by atoms with Gasteiger partial charge < -0.3 is 19.9 Å². The molecular weight excluding hydrogens is 396 g/mol. The first-order valence-electron chi connectivity index (χ1n) is 10.7. The third-order valence-corrected chi connectivity index (χ3v) is 6.19. The van der Waals surface area contributed by atoms with Gasteiger partial charge in [-0.25, -0.2) is 0 Å². The van der Waals surface area contributed by atoms with E-state index in [9.17, 15) is 14.9 Å². The Morgan fingerprint density at radius 2 is 2.03 bits per heavy atom. The van der Waals surface area contributed by atoms with Crippen molar-refractivity contribution in [2.45, 2.75) is 18.9 Å². The molecule has 0 aromatic heterocycles. The lowest BCUT2D eigenvalue weighted by atomic mass is 9.83. The fourth-order valence-electron chi connectivity index (χ4n) is 4.66. The molecule has 31 heavy (non-hydrogen) atoms. The van der Waals surface area contributed by atoms with E-state index in [4.69, 9.17) is 4.74 Å². The van der Waals surface area contributed by atoms with Gasteiger partial charge >= 0.3 is 0 Å². The molecule has 0 bridgehead atoms. The molecule has 1 saturated heterocycles. The quantitative estimate of drug-likeness (QED) is 0.418. The summed E-state index contributed by atoms with van der Waals surface area (Å²) in [5.41, 5.74) is 3.10. The summed E-state index contributed by atoms with van der Waals surface area (Å²) in [5.74, 6) is -0.276. The van der Waals surface area contributed by atoms with E-state index in [-0.39, 0.29) is 28.5 Å². The number of hydrogen-bond donors (Lipinski definition) is 1. The van der Waals surface area contributed by atoms with Crippen LogP contribution in [0.1, 0.15) is 12.0 Å². The third kappa shape index (κ3) is 4.49. The third-order valence-electron chi connectivity index (χ3n) is 6.19. The monoisotopic (exact) mass is 424 g/mol. The van der Waals surface area contributed by atoms with E-state index in [2.05, 4.69) is 27.2 Å². The normalized spacial score (nSPS) is 20.0. The zero-order chi connectivity index (χ0) is 21.8. The maximum atomic E-state index is 13.2. The van der Waals surface area contributed by atoms with Crippen LogP contribution in [0.15, 0.2) is 48.5 Å². The van der Waals surface area contributed by atoms with Gasteiger partial charge in [-0.2, -0.15) is 0 Å². The molecule has 2 atom stereocenters. The topological polar surface area (TPSA) is 87.9 Å². The first kappa shape index (κ1) is 21.1. The number of hydrogen-bond acceptors (Lipinski definition) is 6. The van der Waals surface area contributed by atoms with Crippen LogP contribution in [0.3, 0.4) is 0 Å². The number of amides is 1. The number of methoxy groups -OCH3 is 1. The summed E-state index contributed by atoms with van der Waals surface area (Å²) in [6, 6.07) is 15.3. The maximum absolute atomic E-state index is 13.2. The standard InChI is InChI=1S/C23H28N4O4/c1-31-13-5-10-24-23(28)20-15-17-14-19(27(29)30)8-9-21(17)26-12-11-25(16-22(20)26)18-6-3-2-4-7-18/h2-4,6-9,14,20,22H,5,10-13,15-16H2,1H3,(H,24,28)/t20-,22+/m1/s1. The Morgan fingerprint density at radius 3 is 2.77 bits per heavy atom. The molecule has 2 aromatic carbocycles. The van der Waals surface area contributed by atoms with Crippen LogP contribution in [-0.4, -0.2) is 56.8 Å². The molecule has 2 aliphatic heterocycles. The van der Waals surface area contributed by atoms with Gasteiger partial charge in [0.15, 0.2) is 0 Å². The SMILES string of the molecule is COCCCNC(=O)[C@@H]1Cc2cc([N+](=O)[O-])ccc2N2CCN(c3ccccc3)C[C@@H]12. The summed E-state index contributed by atoms with van der Waals surface area (Å²) in [5, 5.41) is 14.3. The largest absolute Gasteiger partial charge is 0.385 e. The number of carbonyl (C=O) groups is 1. The Morgan fingerprint density at radius 1 is 1.23 bits per heavy atom. The number of para-hydroxylation sites is 1. The molecular formula is C23H28N4O4. The van der Waals surface area contributed by atoms with Gasteiger partial charge in [-0.15, -0.1) is 0 Å². The molecule has 1 fully saturated rings. The molecule has 0 spiro atoms. The summed E-state index contributed by atoms with van der Waals surface area (Å²) in [7, 11) is 1.64. The highest BCUT2D eigenvalue weighted by Crippen LogP contribution is 2.38. The summed E-state index contributed by atoms with van der Waals surface area (Å²) in [6.07, 6.45) is 1.25. The number of benzene rings is 2. The Labute approximate surface area is 181 Å². The van der Waals surface area contributed by atoms with Crippen molar-refractivity contribution in [3.63, 3.8) is 0 Å². The van der Waals surface area contributed by atoms with Crippen LogP contribution in [0.5, 0.6) is 0 Å². The summed E-state index contributed by atoms with van der Waals surface area (Å²) >= 11 is 0. The zero-order valence-corrected chi connectivity index (χ0v) is 17.7. The Balaban J connectivity index is 1.60. The molecule has 1 N–H and O–H groups in total. The van der Waals surface area contributed by atoms with Crippen LogP contribution in [0.25, 0.3) is 0 Å². The molecule has 0 saturated carbocycles. The summed E-state index contributed by atoms with van der Waals surface area (Å²) < 4.78 is 5.07. The van der Waals surface area contributed by atoms with Gasteiger partial charge in [0.1, 0.15) is 0 Å². The number of nitro benzene ring substituents is 1. The second-order valence-electron chi connectivity index (χ2n) is 8.06. The lowest BCUT2D eigenvalue weighted by molar-refractivity contribution is -0.384. The van der Waals surface area contributed by atoms with Crippen molar-refractivity contribution in [3.05, 3.63) is 64.2 Å². The number of piperazine rings is 1. The highest BCUT2D eigenvalue weighted by Gasteiger charge is 2.42. The average molecular weight is 425 g/mol. The molecule has 164 valence electrons. The number of nitrogens with one attached hydrogen (secondary N) is 1. The van der Waals surface area contributed by atoms with Crippen LogP contribution in [0.2, 0.25) is 0 Å². The van der Waals surface area contributed by atoms with Gasteiger partial charge in [0.2, 0.25) is 5.91 Å². The number of rotatable bonds is 7. The van der Waals surface area contributed by atoms with Crippen molar-refractivity contribution in [1.82, 2.24) is 5.32 Å². The van der Waals surface area contributed by atoms with Crippen LogP contribution in [0.4, 0.5) is 17.1 Å². The van der Waals surface area contributed by atoms with Gasteiger partial charge in [-0.1, -0.05) is 18.2 Å². The van der Waals surface area contributed by atoms with E-state index in [1.165, 1.54) is 0 Å². The molecule has 2 aromatic rings. The number of nitrogens with zero attached hydrogens (tertiary/aromatic N) is 3. The van der Waals surface area contributed by atoms with Crippen molar-refractivity contribution >= 4 is 23.0 Å². The van der Waals surface area contributed by atoms with Gasteiger partial charge in [-0.3, -0.25) is 14.9 Å².